The Labute approximate surface area is 210 Å². The number of rotatable bonds is 8. The van der Waals surface area contributed by atoms with E-state index in [0.717, 1.165) is 5.56 Å². The van der Waals surface area contributed by atoms with Crippen molar-refractivity contribution in [3.05, 3.63) is 114 Å². The first-order valence-corrected chi connectivity index (χ1v) is 13.8. The predicted octanol–water partition coefficient (Wildman–Crippen LogP) is 4.85. The van der Waals surface area contributed by atoms with E-state index in [1.807, 2.05) is 6.92 Å². The number of aryl methyl sites for hydroxylation is 1. The third kappa shape index (κ3) is 6.09. The SMILES string of the molecule is Cc1ccc(NS(=O)(=O)c2ccc(NC(=O)c3cccc(NS(=O)(=O)c4ccccc4)c3)cc2)cc1. The molecular formula is C26H23N3O5S2. The average Bonchev–Trinajstić information content (AvgIpc) is 2.86. The Hall–Kier alpha value is -4.15. The fourth-order valence-electron chi connectivity index (χ4n) is 3.29. The van der Waals surface area contributed by atoms with E-state index >= 15 is 0 Å². The van der Waals surface area contributed by atoms with Crippen LogP contribution >= 0.6 is 0 Å². The zero-order valence-electron chi connectivity index (χ0n) is 19.2. The molecule has 0 aliphatic rings. The quantitative estimate of drug-likeness (QED) is 0.306. The van der Waals surface area contributed by atoms with Crippen molar-refractivity contribution in [1.29, 1.82) is 0 Å². The van der Waals surface area contributed by atoms with E-state index in [9.17, 15) is 21.6 Å². The Morgan fingerprint density at radius 3 is 1.78 bits per heavy atom. The van der Waals surface area contributed by atoms with E-state index in [-0.39, 0.29) is 21.0 Å². The van der Waals surface area contributed by atoms with Gasteiger partial charge in [0.2, 0.25) is 0 Å². The van der Waals surface area contributed by atoms with E-state index in [1.54, 1.807) is 54.6 Å². The smallest absolute Gasteiger partial charge is 0.261 e. The zero-order valence-corrected chi connectivity index (χ0v) is 20.8. The highest BCUT2D eigenvalue weighted by Gasteiger charge is 2.16. The van der Waals surface area contributed by atoms with Crippen LogP contribution in [-0.4, -0.2) is 22.7 Å². The van der Waals surface area contributed by atoms with Gasteiger partial charge in [-0.05, 0) is 73.7 Å². The van der Waals surface area contributed by atoms with Crippen LogP contribution in [-0.2, 0) is 20.0 Å². The third-order valence-corrected chi connectivity index (χ3v) is 7.95. The fourth-order valence-corrected chi connectivity index (χ4v) is 5.42. The van der Waals surface area contributed by atoms with Crippen LogP contribution in [0.5, 0.6) is 0 Å². The Bertz CT molecular complexity index is 1590. The molecule has 4 aromatic rings. The molecule has 0 saturated heterocycles. The summed E-state index contributed by atoms with van der Waals surface area (Å²) in [6.45, 7) is 1.91. The highest BCUT2D eigenvalue weighted by molar-refractivity contribution is 7.93. The summed E-state index contributed by atoms with van der Waals surface area (Å²) in [4.78, 5) is 12.9. The summed E-state index contributed by atoms with van der Waals surface area (Å²) in [5.41, 5.74) is 2.29. The second-order valence-electron chi connectivity index (χ2n) is 7.95. The lowest BCUT2D eigenvalue weighted by molar-refractivity contribution is 0.102. The first kappa shape index (κ1) is 25.0. The molecule has 0 bridgehead atoms. The molecule has 0 aliphatic carbocycles. The summed E-state index contributed by atoms with van der Waals surface area (Å²) in [6.07, 6.45) is 0. The fraction of sp³-hybridized carbons (Fsp3) is 0.0385. The first-order valence-electron chi connectivity index (χ1n) is 10.8. The van der Waals surface area contributed by atoms with Crippen molar-refractivity contribution in [3.63, 3.8) is 0 Å². The Morgan fingerprint density at radius 1 is 0.583 bits per heavy atom. The summed E-state index contributed by atoms with van der Waals surface area (Å²) in [7, 11) is -7.60. The highest BCUT2D eigenvalue weighted by atomic mass is 32.2. The lowest BCUT2D eigenvalue weighted by Gasteiger charge is -2.11. The average molecular weight is 522 g/mol. The normalized spacial score (nSPS) is 11.5. The maximum absolute atomic E-state index is 12.7. The Morgan fingerprint density at radius 2 is 1.14 bits per heavy atom. The minimum Gasteiger partial charge on any atom is -0.322 e. The van der Waals surface area contributed by atoms with E-state index in [1.165, 1.54) is 48.5 Å². The third-order valence-electron chi connectivity index (χ3n) is 5.16. The monoisotopic (exact) mass is 521 g/mol. The lowest BCUT2D eigenvalue weighted by Crippen LogP contribution is -2.15. The van der Waals surface area contributed by atoms with Gasteiger partial charge in [-0.3, -0.25) is 14.2 Å². The van der Waals surface area contributed by atoms with Crippen molar-refractivity contribution >= 4 is 43.0 Å². The number of anilines is 3. The summed E-state index contributed by atoms with van der Waals surface area (Å²) >= 11 is 0. The molecule has 1 amide bonds. The molecule has 3 N–H and O–H groups in total. The van der Waals surface area contributed by atoms with Gasteiger partial charge in [-0.2, -0.15) is 0 Å². The van der Waals surface area contributed by atoms with Gasteiger partial charge in [0, 0.05) is 22.6 Å². The van der Waals surface area contributed by atoms with Crippen molar-refractivity contribution in [2.75, 3.05) is 14.8 Å². The van der Waals surface area contributed by atoms with Crippen molar-refractivity contribution in [2.24, 2.45) is 0 Å². The van der Waals surface area contributed by atoms with Gasteiger partial charge in [-0.25, -0.2) is 16.8 Å². The van der Waals surface area contributed by atoms with Gasteiger partial charge in [0.05, 0.1) is 9.79 Å². The molecule has 8 nitrogen and oxygen atoms in total. The van der Waals surface area contributed by atoms with Crippen molar-refractivity contribution in [1.82, 2.24) is 0 Å². The summed E-state index contributed by atoms with van der Waals surface area (Å²) < 4.78 is 55.4. The number of benzene rings is 4. The number of hydrogen-bond acceptors (Lipinski definition) is 5. The van der Waals surface area contributed by atoms with Gasteiger partial charge in [0.25, 0.3) is 26.0 Å². The van der Waals surface area contributed by atoms with Crippen LogP contribution in [0.15, 0.2) is 113 Å². The van der Waals surface area contributed by atoms with E-state index in [2.05, 4.69) is 14.8 Å². The minimum absolute atomic E-state index is 0.0402. The molecule has 4 aromatic carbocycles. The van der Waals surface area contributed by atoms with E-state index in [0.29, 0.717) is 11.4 Å². The maximum atomic E-state index is 12.7. The van der Waals surface area contributed by atoms with Crippen LogP contribution in [0.4, 0.5) is 17.1 Å². The molecule has 0 aliphatic heterocycles. The van der Waals surface area contributed by atoms with Gasteiger partial charge in [-0.1, -0.05) is 42.0 Å². The van der Waals surface area contributed by atoms with Gasteiger partial charge in [0.15, 0.2) is 0 Å². The van der Waals surface area contributed by atoms with Crippen LogP contribution in [0.1, 0.15) is 15.9 Å². The number of carbonyl (C=O) groups is 1. The largest absolute Gasteiger partial charge is 0.322 e. The first-order chi connectivity index (χ1) is 17.1. The van der Waals surface area contributed by atoms with Gasteiger partial charge >= 0.3 is 0 Å². The van der Waals surface area contributed by atoms with Gasteiger partial charge in [-0.15, -0.1) is 0 Å². The topological polar surface area (TPSA) is 121 Å². The molecule has 10 heteroatoms. The number of nitrogens with one attached hydrogen (secondary N) is 3. The molecule has 0 atom stereocenters. The maximum Gasteiger partial charge on any atom is 0.261 e. The van der Waals surface area contributed by atoms with Crippen molar-refractivity contribution in [3.8, 4) is 0 Å². The highest BCUT2D eigenvalue weighted by Crippen LogP contribution is 2.21. The molecule has 0 fully saturated rings. The second kappa shape index (κ2) is 10.2. The predicted molar refractivity (Wildman–Crippen MR) is 140 cm³/mol. The standard InChI is InChI=1S/C26H23N3O5S2/c1-19-10-12-22(13-11-19)28-36(33,34)25-16-14-21(15-17-25)27-26(30)20-6-5-7-23(18-20)29-35(31,32)24-8-3-2-4-9-24/h2-18,28-29H,1H3,(H,27,30). The molecule has 0 spiro atoms. The zero-order chi connectivity index (χ0) is 25.8. The molecule has 0 saturated carbocycles. The summed E-state index contributed by atoms with van der Waals surface area (Å²) in [5, 5.41) is 2.68. The molecule has 0 radical (unpaired) electrons. The number of hydrogen-bond donors (Lipinski definition) is 3. The molecule has 184 valence electrons. The number of carbonyl (C=O) groups excluding carboxylic acids is 1. The molecule has 4 rings (SSSR count). The van der Waals surface area contributed by atoms with Crippen LogP contribution in [0, 0.1) is 6.92 Å². The van der Waals surface area contributed by atoms with Crippen LogP contribution in [0.2, 0.25) is 0 Å². The van der Waals surface area contributed by atoms with Gasteiger partial charge in [0.1, 0.15) is 0 Å². The second-order valence-corrected chi connectivity index (χ2v) is 11.3. The summed E-state index contributed by atoms with van der Waals surface area (Å²) in [6, 6.07) is 26.6. The molecular weight excluding hydrogens is 498 g/mol. The lowest BCUT2D eigenvalue weighted by atomic mass is 10.2. The van der Waals surface area contributed by atoms with Crippen molar-refractivity contribution in [2.45, 2.75) is 16.7 Å². The minimum atomic E-state index is -3.80. The molecule has 0 unspecified atom stereocenters. The Kier molecular flexibility index (Phi) is 7.09. The van der Waals surface area contributed by atoms with E-state index in [4.69, 9.17) is 0 Å². The van der Waals surface area contributed by atoms with Crippen LogP contribution < -0.4 is 14.8 Å². The Balaban J connectivity index is 1.44. The van der Waals surface area contributed by atoms with Crippen molar-refractivity contribution < 1.29 is 21.6 Å². The van der Waals surface area contributed by atoms with Crippen LogP contribution in [0.25, 0.3) is 0 Å². The number of amides is 1. The van der Waals surface area contributed by atoms with Gasteiger partial charge < -0.3 is 5.32 Å². The number of sulfonamides is 2. The van der Waals surface area contributed by atoms with Crippen LogP contribution in [0.3, 0.4) is 0 Å². The summed E-state index contributed by atoms with van der Waals surface area (Å²) in [5.74, 6) is -0.482. The molecule has 0 aromatic heterocycles. The molecule has 0 heterocycles. The molecule has 36 heavy (non-hydrogen) atoms. The van der Waals surface area contributed by atoms with E-state index < -0.39 is 26.0 Å².